The highest BCUT2D eigenvalue weighted by atomic mass is 32.2. The quantitative estimate of drug-likeness (QED) is 0.734. The Kier molecular flexibility index (Phi) is 5.65. The summed E-state index contributed by atoms with van der Waals surface area (Å²) in [4.78, 5) is 0.120. The molecule has 0 saturated carbocycles. The van der Waals surface area contributed by atoms with Crippen LogP contribution in [0.3, 0.4) is 0 Å². The van der Waals surface area contributed by atoms with E-state index in [1.165, 1.54) is 0 Å². The summed E-state index contributed by atoms with van der Waals surface area (Å²) in [6.45, 7) is 6.29. The van der Waals surface area contributed by atoms with Gasteiger partial charge in [-0.25, -0.2) is 16.8 Å². The molecule has 1 fully saturated rings. The zero-order valence-electron chi connectivity index (χ0n) is 14.9. The van der Waals surface area contributed by atoms with Gasteiger partial charge in [0.25, 0.3) is 0 Å². The molecule has 1 aliphatic rings. The van der Waals surface area contributed by atoms with E-state index in [0.717, 1.165) is 15.4 Å². The first-order valence-corrected chi connectivity index (χ1v) is 11.3. The van der Waals surface area contributed by atoms with Crippen molar-refractivity contribution in [3.8, 4) is 0 Å². The summed E-state index contributed by atoms with van der Waals surface area (Å²) in [7, 11) is -7.61. The third-order valence-electron chi connectivity index (χ3n) is 4.85. The van der Waals surface area contributed by atoms with Gasteiger partial charge in [-0.15, -0.1) is 0 Å². The lowest BCUT2D eigenvalue weighted by Crippen LogP contribution is -2.48. The minimum Gasteiger partial charge on any atom is -0.395 e. The van der Waals surface area contributed by atoms with E-state index >= 15 is 0 Å². The van der Waals surface area contributed by atoms with Crippen LogP contribution in [0, 0.1) is 27.7 Å². The van der Waals surface area contributed by atoms with Gasteiger partial charge >= 0.3 is 0 Å². The van der Waals surface area contributed by atoms with Crippen molar-refractivity contribution in [1.29, 1.82) is 0 Å². The number of hydrogen-bond acceptors (Lipinski definition) is 6. The normalized spacial score (nSPS) is 23.3. The van der Waals surface area contributed by atoms with Crippen LogP contribution in [0.15, 0.2) is 11.0 Å². The largest absolute Gasteiger partial charge is 0.395 e. The average molecular weight is 392 g/mol. The molecule has 1 aromatic carbocycles. The highest BCUT2D eigenvalue weighted by Gasteiger charge is 2.45. The molecule has 0 spiro atoms. The van der Waals surface area contributed by atoms with Gasteiger partial charge in [-0.3, -0.25) is 0 Å². The van der Waals surface area contributed by atoms with Crippen LogP contribution in [0.1, 0.15) is 22.3 Å². The van der Waals surface area contributed by atoms with Crippen LogP contribution < -0.4 is 0 Å². The van der Waals surface area contributed by atoms with Crippen LogP contribution in [0.25, 0.3) is 0 Å². The fourth-order valence-corrected chi connectivity index (χ4v) is 7.45. The average Bonchev–Trinajstić information content (AvgIpc) is 2.75. The number of sulfone groups is 1. The molecule has 9 heteroatoms. The lowest BCUT2D eigenvalue weighted by Gasteiger charge is -2.30. The van der Waals surface area contributed by atoms with Crippen LogP contribution in [0.2, 0.25) is 0 Å². The molecule has 0 bridgehead atoms. The number of aliphatic hydroxyl groups is 2. The van der Waals surface area contributed by atoms with Crippen molar-refractivity contribution in [2.75, 3.05) is 24.7 Å². The van der Waals surface area contributed by atoms with Crippen molar-refractivity contribution >= 4 is 19.9 Å². The Hall–Kier alpha value is -1.00. The number of hydrogen-bond donors (Lipinski definition) is 2. The Balaban J connectivity index is 2.63. The van der Waals surface area contributed by atoms with E-state index in [4.69, 9.17) is 0 Å². The van der Waals surface area contributed by atoms with E-state index < -0.39 is 50.1 Å². The van der Waals surface area contributed by atoms with Crippen LogP contribution in [-0.4, -0.2) is 68.2 Å². The highest BCUT2D eigenvalue weighted by molar-refractivity contribution is 7.92. The summed E-state index contributed by atoms with van der Waals surface area (Å²) in [5, 5.41) is 19.4. The van der Waals surface area contributed by atoms with Gasteiger partial charge in [-0.2, -0.15) is 4.31 Å². The smallest absolute Gasteiger partial charge is 0.244 e. The molecule has 0 amide bonds. The number of benzene rings is 1. The van der Waals surface area contributed by atoms with Gasteiger partial charge in [0.1, 0.15) is 0 Å². The molecule has 1 aliphatic heterocycles. The number of aliphatic hydroxyl groups excluding tert-OH is 2. The zero-order valence-corrected chi connectivity index (χ0v) is 16.5. The summed E-state index contributed by atoms with van der Waals surface area (Å²) >= 11 is 0. The predicted octanol–water partition coefficient (Wildman–Crippen LogP) is 0.0612. The maximum absolute atomic E-state index is 13.3. The second-order valence-electron chi connectivity index (χ2n) is 6.64. The summed E-state index contributed by atoms with van der Waals surface area (Å²) in [5.41, 5.74) is 2.79. The number of aryl methyl sites for hydroxylation is 2. The molecule has 7 nitrogen and oxygen atoms in total. The highest BCUT2D eigenvalue weighted by Crippen LogP contribution is 2.31. The lowest BCUT2D eigenvalue weighted by atomic mass is 10.0. The Morgan fingerprint density at radius 3 is 2.04 bits per heavy atom. The molecule has 0 aliphatic carbocycles. The van der Waals surface area contributed by atoms with E-state index in [9.17, 15) is 27.0 Å². The standard InChI is InChI=1S/C16H25NO6S2/c1-10-7-11(2)13(4)16(12(10)3)25(22,23)17(5-6-18)14-8-24(20,21)9-15(14)19/h7,14-15,18-19H,5-6,8-9H2,1-4H3/t14-,15-/m0/s1. The monoisotopic (exact) mass is 391 g/mol. The second-order valence-corrected chi connectivity index (χ2v) is 10.6. The molecule has 1 heterocycles. The van der Waals surface area contributed by atoms with E-state index in [-0.39, 0.29) is 11.4 Å². The van der Waals surface area contributed by atoms with Gasteiger partial charge in [0.2, 0.25) is 10.0 Å². The molecule has 142 valence electrons. The van der Waals surface area contributed by atoms with Gasteiger partial charge in [0.15, 0.2) is 9.84 Å². The first-order chi connectivity index (χ1) is 11.4. The minimum atomic E-state index is -4.09. The van der Waals surface area contributed by atoms with Crippen molar-refractivity contribution in [3.05, 3.63) is 28.3 Å². The SMILES string of the molecule is Cc1cc(C)c(C)c(S(=O)(=O)N(CCO)[C@H]2CS(=O)(=O)C[C@@H]2O)c1C. The lowest BCUT2D eigenvalue weighted by molar-refractivity contribution is 0.117. The van der Waals surface area contributed by atoms with E-state index in [2.05, 4.69) is 0 Å². The molecule has 2 atom stereocenters. The number of nitrogens with zero attached hydrogens (tertiary/aromatic N) is 1. The van der Waals surface area contributed by atoms with Crippen molar-refractivity contribution in [2.24, 2.45) is 0 Å². The van der Waals surface area contributed by atoms with Crippen LogP contribution in [-0.2, 0) is 19.9 Å². The van der Waals surface area contributed by atoms with E-state index in [1.807, 2.05) is 19.9 Å². The molecular weight excluding hydrogens is 366 g/mol. The third kappa shape index (κ3) is 3.75. The zero-order chi connectivity index (χ0) is 19.2. The van der Waals surface area contributed by atoms with Gasteiger partial charge in [-0.05, 0) is 49.9 Å². The summed E-state index contributed by atoms with van der Waals surface area (Å²) in [6.07, 6.45) is -1.31. The van der Waals surface area contributed by atoms with Gasteiger partial charge in [0, 0.05) is 6.54 Å². The van der Waals surface area contributed by atoms with Crippen molar-refractivity contribution in [1.82, 2.24) is 4.31 Å². The van der Waals surface area contributed by atoms with Crippen LogP contribution in [0.4, 0.5) is 0 Å². The second kappa shape index (κ2) is 6.96. The van der Waals surface area contributed by atoms with Crippen molar-refractivity contribution in [3.63, 3.8) is 0 Å². The van der Waals surface area contributed by atoms with Crippen molar-refractivity contribution in [2.45, 2.75) is 44.7 Å². The summed E-state index contributed by atoms with van der Waals surface area (Å²) < 4.78 is 51.2. The first-order valence-electron chi connectivity index (χ1n) is 8.01. The molecule has 0 aromatic heterocycles. The maximum Gasteiger partial charge on any atom is 0.244 e. The molecule has 2 rings (SSSR count). The molecule has 0 radical (unpaired) electrons. The Labute approximate surface area is 149 Å². The molecule has 1 aromatic rings. The Morgan fingerprint density at radius 2 is 1.64 bits per heavy atom. The van der Waals surface area contributed by atoms with E-state index in [1.54, 1.807) is 13.8 Å². The third-order valence-corrected chi connectivity index (χ3v) is 8.75. The molecule has 25 heavy (non-hydrogen) atoms. The van der Waals surface area contributed by atoms with Crippen LogP contribution >= 0.6 is 0 Å². The van der Waals surface area contributed by atoms with Gasteiger partial charge in [-0.1, -0.05) is 6.07 Å². The number of rotatable bonds is 5. The Bertz CT molecular complexity index is 850. The fraction of sp³-hybridized carbons (Fsp3) is 0.625. The van der Waals surface area contributed by atoms with Gasteiger partial charge in [0.05, 0.1) is 35.2 Å². The summed E-state index contributed by atoms with van der Waals surface area (Å²) in [5.74, 6) is -0.920. The maximum atomic E-state index is 13.3. The number of sulfonamides is 1. The molecule has 0 unspecified atom stereocenters. The molecular formula is C16H25NO6S2. The Morgan fingerprint density at radius 1 is 1.12 bits per heavy atom. The molecule has 2 N–H and O–H groups in total. The minimum absolute atomic E-state index is 0.120. The first kappa shape index (κ1) is 20.3. The van der Waals surface area contributed by atoms with E-state index in [0.29, 0.717) is 11.1 Å². The molecule has 1 saturated heterocycles. The summed E-state index contributed by atoms with van der Waals surface area (Å²) in [6, 6.07) is 0.802. The van der Waals surface area contributed by atoms with Crippen molar-refractivity contribution < 1.29 is 27.0 Å². The fourth-order valence-electron chi connectivity index (χ4n) is 3.33. The van der Waals surface area contributed by atoms with Crippen LogP contribution in [0.5, 0.6) is 0 Å². The van der Waals surface area contributed by atoms with Gasteiger partial charge < -0.3 is 10.2 Å². The topological polar surface area (TPSA) is 112 Å². The predicted molar refractivity (Wildman–Crippen MR) is 94.8 cm³/mol.